The van der Waals surface area contributed by atoms with Crippen molar-refractivity contribution in [3.05, 3.63) is 0 Å². The Kier molecular flexibility index (Phi) is 4.25. The second-order valence-corrected chi connectivity index (χ2v) is 3.45. The summed E-state index contributed by atoms with van der Waals surface area (Å²) in [6.07, 6.45) is 10.4. The smallest absolute Gasteiger partial charge is 0.0382 e. The molecule has 1 aliphatic carbocycles. The molecule has 0 N–H and O–H groups in total. The molecule has 11 heavy (non-hydrogen) atoms. The lowest BCUT2D eigenvalue weighted by molar-refractivity contribution is 0.444. The van der Waals surface area contributed by atoms with E-state index in [-0.39, 0.29) is 0 Å². The van der Waals surface area contributed by atoms with E-state index in [1.165, 1.54) is 38.5 Å². The average Bonchev–Trinajstić information content (AvgIpc) is 2.07. The van der Waals surface area contributed by atoms with E-state index in [0.29, 0.717) is 0 Å². The first-order valence-corrected chi connectivity index (χ1v) is 4.93. The molecule has 0 amide bonds. The molecule has 0 spiro atoms. The Balaban J connectivity index is 2.13. The van der Waals surface area contributed by atoms with Gasteiger partial charge in [-0.15, -0.1) is 0 Å². The van der Waals surface area contributed by atoms with Gasteiger partial charge in [0.25, 0.3) is 0 Å². The van der Waals surface area contributed by atoms with Crippen molar-refractivity contribution in [1.82, 2.24) is 0 Å². The first kappa shape index (κ1) is 8.76. The first-order chi connectivity index (χ1) is 5.43. The fraction of sp³-hybridized carbons (Fsp3) is 0.900. The summed E-state index contributed by atoms with van der Waals surface area (Å²) in [5.74, 6) is 0.815. The monoisotopic (exact) mass is 153 g/mol. The van der Waals surface area contributed by atoms with E-state index in [1.54, 1.807) is 0 Å². The molecule has 0 radical (unpaired) electrons. The molecule has 0 aromatic rings. The third kappa shape index (κ3) is 3.54. The average molecular weight is 153 g/mol. The molecule has 0 aromatic carbocycles. The van der Waals surface area contributed by atoms with Crippen LogP contribution in [0.1, 0.15) is 45.4 Å². The van der Waals surface area contributed by atoms with Crippen molar-refractivity contribution in [2.24, 2.45) is 10.9 Å². The van der Waals surface area contributed by atoms with E-state index in [2.05, 4.69) is 18.1 Å². The standard InChI is InChI=1S/C10H19N/c1-2-8-11-9-10-6-4-3-5-7-10/h9-10H,2-8H2,1H3. The SMILES string of the molecule is CCCN=CC1CCCCC1. The van der Waals surface area contributed by atoms with Crippen molar-refractivity contribution in [2.75, 3.05) is 6.54 Å². The van der Waals surface area contributed by atoms with Gasteiger partial charge in [-0.2, -0.15) is 0 Å². The minimum Gasteiger partial charge on any atom is -0.297 e. The van der Waals surface area contributed by atoms with Crippen LogP contribution in [0.5, 0.6) is 0 Å². The predicted molar refractivity (Wildman–Crippen MR) is 50.2 cm³/mol. The summed E-state index contributed by atoms with van der Waals surface area (Å²) in [6, 6.07) is 0. The van der Waals surface area contributed by atoms with Gasteiger partial charge in [-0.1, -0.05) is 26.2 Å². The van der Waals surface area contributed by atoms with Gasteiger partial charge in [0.05, 0.1) is 0 Å². The van der Waals surface area contributed by atoms with E-state index in [1.807, 2.05) is 0 Å². The van der Waals surface area contributed by atoms with Gasteiger partial charge in [-0.25, -0.2) is 0 Å². The zero-order chi connectivity index (χ0) is 7.94. The molecule has 0 saturated heterocycles. The fourth-order valence-electron chi connectivity index (χ4n) is 1.64. The molecule has 0 aliphatic heterocycles. The maximum Gasteiger partial charge on any atom is 0.0382 e. The van der Waals surface area contributed by atoms with Crippen LogP contribution in [0.15, 0.2) is 4.99 Å². The second-order valence-electron chi connectivity index (χ2n) is 3.45. The maximum absolute atomic E-state index is 4.39. The Hall–Kier alpha value is -0.330. The quantitative estimate of drug-likeness (QED) is 0.553. The van der Waals surface area contributed by atoms with Crippen LogP contribution in [-0.2, 0) is 0 Å². The van der Waals surface area contributed by atoms with Gasteiger partial charge < -0.3 is 0 Å². The molecule has 64 valence electrons. The van der Waals surface area contributed by atoms with Gasteiger partial charge in [0.2, 0.25) is 0 Å². The van der Waals surface area contributed by atoms with Crippen LogP contribution in [0.25, 0.3) is 0 Å². The van der Waals surface area contributed by atoms with Crippen molar-refractivity contribution >= 4 is 6.21 Å². The predicted octanol–water partition coefficient (Wildman–Crippen LogP) is 3.05. The summed E-state index contributed by atoms with van der Waals surface area (Å²) in [5, 5.41) is 0. The highest BCUT2D eigenvalue weighted by atomic mass is 14.7. The third-order valence-corrected chi connectivity index (χ3v) is 2.32. The summed E-state index contributed by atoms with van der Waals surface area (Å²) in [4.78, 5) is 4.39. The van der Waals surface area contributed by atoms with Crippen molar-refractivity contribution in [3.8, 4) is 0 Å². The third-order valence-electron chi connectivity index (χ3n) is 2.32. The Morgan fingerprint density at radius 2 is 2.00 bits per heavy atom. The molecule has 1 rings (SSSR count). The highest BCUT2D eigenvalue weighted by Gasteiger charge is 2.09. The van der Waals surface area contributed by atoms with E-state index in [4.69, 9.17) is 0 Å². The zero-order valence-corrected chi connectivity index (χ0v) is 7.55. The zero-order valence-electron chi connectivity index (χ0n) is 7.55. The van der Waals surface area contributed by atoms with E-state index < -0.39 is 0 Å². The maximum atomic E-state index is 4.39. The molecule has 1 aliphatic rings. The van der Waals surface area contributed by atoms with Crippen LogP contribution in [0.3, 0.4) is 0 Å². The van der Waals surface area contributed by atoms with E-state index in [9.17, 15) is 0 Å². The summed E-state index contributed by atoms with van der Waals surface area (Å²) < 4.78 is 0. The van der Waals surface area contributed by atoms with Crippen LogP contribution in [-0.4, -0.2) is 12.8 Å². The van der Waals surface area contributed by atoms with Crippen LogP contribution in [0.4, 0.5) is 0 Å². The summed E-state index contributed by atoms with van der Waals surface area (Å²) >= 11 is 0. The van der Waals surface area contributed by atoms with Crippen LogP contribution in [0, 0.1) is 5.92 Å². The molecular weight excluding hydrogens is 134 g/mol. The molecule has 0 bridgehead atoms. The molecule has 1 saturated carbocycles. The topological polar surface area (TPSA) is 12.4 Å². The van der Waals surface area contributed by atoms with Gasteiger partial charge in [0, 0.05) is 12.8 Å². The Morgan fingerprint density at radius 1 is 1.27 bits per heavy atom. The van der Waals surface area contributed by atoms with Crippen molar-refractivity contribution < 1.29 is 0 Å². The lowest BCUT2D eigenvalue weighted by Gasteiger charge is -2.16. The molecule has 1 fully saturated rings. The molecule has 1 heteroatoms. The van der Waals surface area contributed by atoms with Gasteiger partial charge in [-0.05, 0) is 25.2 Å². The largest absolute Gasteiger partial charge is 0.297 e. The van der Waals surface area contributed by atoms with E-state index >= 15 is 0 Å². The van der Waals surface area contributed by atoms with Gasteiger partial charge >= 0.3 is 0 Å². The van der Waals surface area contributed by atoms with Crippen molar-refractivity contribution in [2.45, 2.75) is 45.4 Å². The lowest BCUT2D eigenvalue weighted by atomic mass is 9.90. The Labute approximate surface area is 69.9 Å². The highest BCUT2D eigenvalue weighted by molar-refractivity contribution is 5.60. The summed E-state index contributed by atoms with van der Waals surface area (Å²) in [6.45, 7) is 3.20. The number of nitrogens with zero attached hydrogens (tertiary/aromatic N) is 1. The molecule has 0 aromatic heterocycles. The van der Waals surface area contributed by atoms with E-state index in [0.717, 1.165) is 12.5 Å². The molecule has 0 atom stereocenters. The number of aliphatic imine (C=N–C) groups is 1. The van der Waals surface area contributed by atoms with Gasteiger partial charge in [0.15, 0.2) is 0 Å². The number of rotatable bonds is 3. The Bertz CT molecular complexity index is 112. The molecule has 0 unspecified atom stereocenters. The number of hydrogen-bond acceptors (Lipinski definition) is 1. The van der Waals surface area contributed by atoms with Crippen LogP contribution in [0.2, 0.25) is 0 Å². The Morgan fingerprint density at radius 3 is 2.64 bits per heavy atom. The lowest BCUT2D eigenvalue weighted by Crippen LogP contribution is -2.07. The minimum atomic E-state index is 0.815. The summed E-state index contributed by atoms with van der Waals surface area (Å²) in [5.41, 5.74) is 0. The number of hydrogen-bond donors (Lipinski definition) is 0. The van der Waals surface area contributed by atoms with Gasteiger partial charge in [0.1, 0.15) is 0 Å². The van der Waals surface area contributed by atoms with Crippen molar-refractivity contribution in [1.29, 1.82) is 0 Å². The first-order valence-electron chi connectivity index (χ1n) is 4.93. The second kappa shape index (κ2) is 5.34. The van der Waals surface area contributed by atoms with Crippen LogP contribution >= 0.6 is 0 Å². The summed E-state index contributed by atoms with van der Waals surface area (Å²) in [7, 11) is 0. The van der Waals surface area contributed by atoms with Crippen molar-refractivity contribution in [3.63, 3.8) is 0 Å². The van der Waals surface area contributed by atoms with Crippen LogP contribution < -0.4 is 0 Å². The minimum absolute atomic E-state index is 0.815. The molecular formula is C10H19N. The highest BCUT2D eigenvalue weighted by Crippen LogP contribution is 2.21. The fourth-order valence-corrected chi connectivity index (χ4v) is 1.64. The normalized spacial score (nSPS) is 21.2. The van der Waals surface area contributed by atoms with Gasteiger partial charge in [-0.3, -0.25) is 4.99 Å². The molecule has 1 nitrogen and oxygen atoms in total. The molecule has 0 heterocycles.